The number of hydrogen-bond acceptors (Lipinski definition) is 5. The number of rotatable bonds is 3. The van der Waals surface area contributed by atoms with E-state index in [0.717, 1.165) is 16.8 Å². The molecule has 148 valence electrons. The molecule has 5 rings (SSSR count). The Morgan fingerprint density at radius 3 is 2.63 bits per heavy atom. The molecule has 0 spiro atoms. The van der Waals surface area contributed by atoms with Crippen molar-refractivity contribution in [3.63, 3.8) is 0 Å². The van der Waals surface area contributed by atoms with Crippen LogP contribution in [0.5, 0.6) is 0 Å². The number of benzene rings is 2. The van der Waals surface area contributed by atoms with Gasteiger partial charge in [-0.25, -0.2) is 9.37 Å². The Morgan fingerprint density at radius 1 is 1.10 bits per heavy atom. The summed E-state index contributed by atoms with van der Waals surface area (Å²) in [5.74, 6) is 0.260. The van der Waals surface area contributed by atoms with Gasteiger partial charge in [0.15, 0.2) is 0 Å². The topological polar surface area (TPSA) is 85.6 Å². The average Bonchev–Trinajstić information content (AvgIpc) is 3.10. The number of amides is 1. The molecule has 1 amide bonds. The van der Waals surface area contributed by atoms with Crippen LogP contribution in [-0.2, 0) is 4.79 Å². The molecule has 3 heterocycles. The number of aryl methyl sites for hydroxylation is 1. The van der Waals surface area contributed by atoms with Crippen molar-refractivity contribution in [3.8, 4) is 17.2 Å². The predicted octanol–water partition coefficient (Wildman–Crippen LogP) is 3.65. The maximum absolute atomic E-state index is 13.2. The molecule has 0 unspecified atom stereocenters. The Kier molecular flexibility index (Phi) is 4.31. The second kappa shape index (κ2) is 7.14. The number of nitrogens with one attached hydrogen (secondary N) is 1. The van der Waals surface area contributed by atoms with Gasteiger partial charge in [0.2, 0.25) is 5.91 Å². The minimum atomic E-state index is -0.326. The van der Waals surface area contributed by atoms with Crippen LogP contribution in [0.15, 0.2) is 60.8 Å². The summed E-state index contributed by atoms with van der Waals surface area (Å²) in [6, 6.07) is 15.9. The minimum absolute atomic E-state index is 0.0971. The van der Waals surface area contributed by atoms with E-state index < -0.39 is 0 Å². The molecule has 2 aromatic heterocycles. The summed E-state index contributed by atoms with van der Waals surface area (Å²) in [5.41, 5.74) is 4.02. The average molecular weight is 400 g/mol. The van der Waals surface area contributed by atoms with E-state index in [2.05, 4.69) is 25.6 Å². The Morgan fingerprint density at radius 2 is 1.87 bits per heavy atom. The van der Waals surface area contributed by atoms with Crippen LogP contribution < -0.4 is 5.32 Å². The summed E-state index contributed by atoms with van der Waals surface area (Å²) >= 11 is 0. The number of carbonyl (C=O) groups is 1. The molecule has 0 aliphatic carbocycles. The van der Waals surface area contributed by atoms with Gasteiger partial charge >= 0.3 is 0 Å². The second-order valence-corrected chi connectivity index (χ2v) is 7.12. The van der Waals surface area contributed by atoms with Gasteiger partial charge in [0.05, 0.1) is 17.6 Å². The Balaban J connectivity index is 1.61. The molecule has 1 aliphatic rings. The van der Waals surface area contributed by atoms with Crippen molar-refractivity contribution in [3.05, 3.63) is 83.4 Å². The van der Waals surface area contributed by atoms with Crippen LogP contribution in [0.25, 0.3) is 17.2 Å². The maximum Gasteiger partial charge on any atom is 0.272 e. The number of halogens is 1. The van der Waals surface area contributed by atoms with Gasteiger partial charge in [0.1, 0.15) is 11.6 Å². The van der Waals surface area contributed by atoms with Gasteiger partial charge < -0.3 is 5.32 Å². The SMILES string of the molecule is Cc1nn(-c2nncc(-c3ccc(F)cc3)n2)c2c1[C@@H](c1ccccc1)CC(=O)N2. The standard InChI is InChI=1S/C22H17FN6O/c1-13-20-17(14-5-3-2-4-6-14)11-19(30)26-21(20)29(28-13)22-25-18(12-24-27-22)15-7-9-16(23)10-8-15/h2-10,12,17H,11H2,1H3,(H,26,30)/t17-/m1/s1. The van der Waals surface area contributed by atoms with Crippen LogP contribution in [-0.4, -0.2) is 30.9 Å². The lowest BCUT2D eigenvalue weighted by molar-refractivity contribution is -0.116. The monoisotopic (exact) mass is 400 g/mol. The van der Waals surface area contributed by atoms with E-state index in [4.69, 9.17) is 0 Å². The maximum atomic E-state index is 13.2. The molecule has 0 saturated carbocycles. The quantitative estimate of drug-likeness (QED) is 0.567. The van der Waals surface area contributed by atoms with Gasteiger partial charge in [-0.05, 0) is 36.8 Å². The molecule has 1 N–H and O–H groups in total. The van der Waals surface area contributed by atoms with E-state index in [1.54, 1.807) is 12.1 Å². The molecule has 4 aromatic rings. The lowest BCUT2D eigenvalue weighted by Gasteiger charge is -2.24. The molecule has 0 radical (unpaired) electrons. The normalized spacial score (nSPS) is 15.5. The highest BCUT2D eigenvalue weighted by molar-refractivity contribution is 5.95. The van der Waals surface area contributed by atoms with Crippen molar-refractivity contribution >= 4 is 11.7 Å². The second-order valence-electron chi connectivity index (χ2n) is 7.12. The van der Waals surface area contributed by atoms with Crippen molar-refractivity contribution < 1.29 is 9.18 Å². The highest BCUT2D eigenvalue weighted by Crippen LogP contribution is 2.39. The first kappa shape index (κ1) is 18.1. The molecule has 30 heavy (non-hydrogen) atoms. The molecule has 2 aromatic carbocycles. The zero-order valence-electron chi connectivity index (χ0n) is 16.1. The van der Waals surface area contributed by atoms with E-state index in [-0.39, 0.29) is 23.6 Å². The third kappa shape index (κ3) is 3.12. The van der Waals surface area contributed by atoms with Gasteiger partial charge in [-0.2, -0.15) is 14.9 Å². The summed E-state index contributed by atoms with van der Waals surface area (Å²) in [4.78, 5) is 17.0. The molecular weight excluding hydrogens is 383 g/mol. The summed E-state index contributed by atoms with van der Waals surface area (Å²) < 4.78 is 14.8. The Bertz CT molecular complexity index is 1240. The largest absolute Gasteiger partial charge is 0.310 e. The summed E-state index contributed by atoms with van der Waals surface area (Å²) in [6.45, 7) is 1.90. The molecular formula is C22H17FN6O. The smallest absolute Gasteiger partial charge is 0.272 e. The Labute approximate surface area is 171 Å². The van der Waals surface area contributed by atoms with E-state index in [9.17, 15) is 9.18 Å². The van der Waals surface area contributed by atoms with E-state index in [1.807, 2.05) is 37.3 Å². The molecule has 0 saturated heterocycles. The van der Waals surface area contributed by atoms with Crippen LogP contribution in [0.4, 0.5) is 10.2 Å². The molecule has 1 atom stereocenters. The van der Waals surface area contributed by atoms with Gasteiger partial charge in [-0.3, -0.25) is 4.79 Å². The van der Waals surface area contributed by atoms with E-state index in [0.29, 0.717) is 23.5 Å². The number of carbonyl (C=O) groups excluding carboxylic acids is 1. The van der Waals surface area contributed by atoms with Crippen molar-refractivity contribution in [2.24, 2.45) is 0 Å². The van der Waals surface area contributed by atoms with Crippen LogP contribution in [0.1, 0.15) is 29.2 Å². The number of nitrogens with zero attached hydrogens (tertiary/aromatic N) is 5. The fraction of sp³-hybridized carbons (Fsp3) is 0.136. The van der Waals surface area contributed by atoms with E-state index in [1.165, 1.54) is 23.0 Å². The minimum Gasteiger partial charge on any atom is -0.310 e. The lowest BCUT2D eigenvalue weighted by Crippen LogP contribution is -2.25. The molecule has 0 fully saturated rings. The number of anilines is 1. The van der Waals surface area contributed by atoms with Gasteiger partial charge in [0.25, 0.3) is 5.95 Å². The van der Waals surface area contributed by atoms with Crippen LogP contribution in [0.2, 0.25) is 0 Å². The summed E-state index contributed by atoms with van der Waals surface area (Å²) in [6.07, 6.45) is 1.85. The van der Waals surface area contributed by atoms with Gasteiger partial charge in [-0.1, -0.05) is 30.3 Å². The van der Waals surface area contributed by atoms with Gasteiger partial charge in [-0.15, -0.1) is 5.10 Å². The van der Waals surface area contributed by atoms with Crippen LogP contribution in [0.3, 0.4) is 0 Å². The lowest BCUT2D eigenvalue weighted by atomic mass is 9.86. The first-order chi connectivity index (χ1) is 14.6. The number of aromatic nitrogens is 5. The molecule has 7 nitrogen and oxygen atoms in total. The van der Waals surface area contributed by atoms with E-state index >= 15 is 0 Å². The van der Waals surface area contributed by atoms with Crippen molar-refractivity contribution in [2.45, 2.75) is 19.3 Å². The number of hydrogen-bond donors (Lipinski definition) is 1. The highest BCUT2D eigenvalue weighted by atomic mass is 19.1. The summed E-state index contributed by atoms with van der Waals surface area (Å²) in [7, 11) is 0. The summed E-state index contributed by atoms with van der Waals surface area (Å²) in [5, 5.41) is 15.7. The number of fused-ring (bicyclic) bond motifs is 1. The first-order valence-corrected chi connectivity index (χ1v) is 9.50. The molecule has 1 aliphatic heterocycles. The molecule has 0 bridgehead atoms. The van der Waals surface area contributed by atoms with Crippen molar-refractivity contribution in [1.29, 1.82) is 0 Å². The van der Waals surface area contributed by atoms with Gasteiger partial charge in [0, 0.05) is 23.5 Å². The fourth-order valence-electron chi connectivity index (χ4n) is 3.81. The van der Waals surface area contributed by atoms with Crippen LogP contribution in [0, 0.1) is 12.7 Å². The van der Waals surface area contributed by atoms with Crippen molar-refractivity contribution in [1.82, 2.24) is 25.0 Å². The Hall–Kier alpha value is -3.94. The first-order valence-electron chi connectivity index (χ1n) is 9.50. The van der Waals surface area contributed by atoms with Crippen LogP contribution >= 0.6 is 0 Å². The predicted molar refractivity (Wildman–Crippen MR) is 109 cm³/mol. The third-order valence-electron chi connectivity index (χ3n) is 5.18. The zero-order valence-corrected chi connectivity index (χ0v) is 16.1. The molecule has 8 heteroatoms. The van der Waals surface area contributed by atoms with Crippen molar-refractivity contribution in [2.75, 3.05) is 5.32 Å². The highest BCUT2D eigenvalue weighted by Gasteiger charge is 2.33. The zero-order chi connectivity index (χ0) is 20.7. The fourth-order valence-corrected chi connectivity index (χ4v) is 3.81. The third-order valence-corrected chi connectivity index (χ3v) is 5.18.